The maximum Gasteiger partial charge on any atom is 0.410 e. The summed E-state index contributed by atoms with van der Waals surface area (Å²) in [7, 11) is 0. The minimum Gasteiger partial charge on any atom is -0.461 e. The van der Waals surface area contributed by atoms with Crippen LogP contribution in [0, 0.1) is 11.8 Å². The molecule has 28 heavy (non-hydrogen) atoms. The van der Waals surface area contributed by atoms with Gasteiger partial charge < -0.3 is 14.4 Å². The normalized spacial score (nSPS) is 16.1. The highest BCUT2D eigenvalue weighted by molar-refractivity contribution is 5.90. The Labute approximate surface area is 167 Å². The number of esters is 1. The molecule has 0 aromatic carbocycles. The van der Waals surface area contributed by atoms with Crippen LogP contribution in [0.3, 0.4) is 0 Å². The molecular weight excluding hydrogens is 358 g/mol. The Morgan fingerprint density at radius 3 is 2.64 bits per heavy atom. The van der Waals surface area contributed by atoms with Gasteiger partial charge in [0.25, 0.3) is 0 Å². The van der Waals surface area contributed by atoms with E-state index in [0.29, 0.717) is 18.7 Å². The van der Waals surface area contributed by atoms with Gasteiger partial charge in [-0.05, 0) is 48.0 Å². The maximum absolute atomic E-state index is 12.6. The van der Waals surface area contributed by atoms with Crippen LogP contribution in [0.2, 0.25) is 0 Å². The molecule has 154 valence electrons. The van der Waals surface area contributed by atoms with Crippen LogP contribution < -0.4 is 0 Å². The minimum absolute atomic E-state index is 0.0632. The molecule has 2 rings (SSSR count). The monoisotopic (exact) mass is 389 g/mol. The summed E-state index contributed by atoms with van der Waals surface area (Å²) in [6, 6.07) is -0.0632. The number of amides is 1. The summed E-state index contributed by atoms with van der Waals surface area (Å²) in [5, 5.41) is 4.66. The molecule has 1 aromatic rings. The van der Waals surface area contributed by atoms with Crippen LogP contribution in [0.15, 0.2) is 0 Å². The summed E-state index contributed by atoms with van der Waals surface area (Å²) in [5.41, 5.74) is 1.45. The molecule has 1 aromatic heterocycles. The molecule has 1 aliphatic heterocycles. The van der Waals surface area contributed by atoms with Crippen molar-refractivity contribution >= 4 is 12.1 Å². The first kappa shape index (κ1) is 21.8. The van der Waals surface area contributed by atoms with Crippen molar-refractivity contribution in [3.05, 3.63) is 17.0 Å². The topological polar surface area (TPSA) is 73.7 Å². The molecule has 0 saturated heterocycles. The van der Waals surface area contributed by atoms with E-state index in [9.17, 15) is 9.59 Å². The van der Waals surface area contributed by atoms with Gasteiger partial charge in [0.2, 0.25) is 0 Å². The summed E-state index contributed by atoms with van der Waals surface area (Å²) in [4.78, 5) is 26.9. The summed E-state index contributed by atoms with van der Waals surface area (Å²) in [6.45, 7) is 12.2. The second-order valence-electron chi connectivity index (χ2n) is 7.91. The van der Waals surface area contributed by atoms with Crippen molar-refractivity contribution in [3.8, 4) is 11.8 Å². The minimum atomic E-state index is -0.578. The van der Waals surface area contributed by atoms with Crippen molar-refractivity contribution in [2.24, 2.45) is 0 Å². The van der Waals surface area contributed by atoms with Gasteiger partial charge in [0, 0.05) is 31.0 Å². The average molecular weight is 389 g/mol. The molecule has 0 unspecified atom stereocenters. The van der Waals surface area contributed by atoms with Gasteiger partial charge in [-0.15, -0.1) is 11.8 Å². The summed E-state index contributed by atoms with van der Waals surface area (Å²) < 4.78 is 12.5. The molecule has 2 heterocycles. The van der Waals surface area contributed by atoms with Gasteiger partial charge >= 0.3 is 12.1 Å². The summed E-state index contributed by atoms with van der Waals surface area (Å²) in [5.74, 6) is 5.50. The number of ether oxygens (including phenoxy) is 2. The first-order valence-electron chi connectivity index (χ1n) is 9.82. The zero-order chi connectivity index (χ0) is 20.9. The van der Waals surface area contributed by atoms with Crippen molar-refractivity contribution in [3.63, 3.8) is 0 Å². The number of rotatable bonds is 5. The zero-order valence-electron chi connectivity index (χ0n) is 17.8. The van der Waals surface area contributed by atoms with E-state index in [1.165, 1.54) is 0 Å². The third kappa shape index (κ3) is 5.28. The molecule has 0 aliphatic carbocycles. The van der Waals surface area contributed by atoms with Gasteiger partial charge in [-0.3, -0.25) is 4.68 Å². The summed E-state index contributed by atoms with van der Waals surface area (Å²) in [6.07, 6.45) is 1.72. The number of aryl methyl sites for hydroxylation is 1. The molecule has 1 atom stereocenters. The number of nitrogens with zero attached hydrogens (tertiary/aromatic N) is 3. The quantitative estimate of drug-likeness (QED) is 0.437. The molecule has 0 N–H and O–H groups in total. The van der Waals surface area contributed by atoms with E-state index in [2.05, 4.69) is 16.9 Å². The van der Waals surface area contributed by atoms with Crippen LogP contribution in [-0.4, -0.2) is 45.0 Å². The molecule has 7 nitrogen and oxygen atoms in total. The van der Waals surface area contributed by atoms with Crippen LogP contribution >= 0.6 is 0 Å². The van der Waals surface area contributed by atoms with Crippen molar-refractivity contribution < 1.29 is 19.1 Å². The van der Waals surface area contributed by atoms with E-state index in [0.717, 1.165) is 24.1 Å². The lowest BCUT2D eigenvalue weighted by Crippen LogP contribution is -2.45. The number of unbranched alkanes of at least 4 members (excludes halogenated alkanes) is 1. The van der Waals surface area contributed by atoms with Crippen LogP contribution in [0.25, 0.3) is 0 Å². The Morgan fingerprint density at radius 1 is 1.32 bits per heavy atom. The number of fused-ring (bicyclic) bond motifs is 1. The fourth-order valence-corrected chi connectivity index (χ4v) is 3.19. The predicted octanol–water partition coefficient (Wildman–Crippen LogP) is 3.55. The van der Waals surface area contributed by atoms with Gasteiger partial charge in [0.05, 0.1) is 18.8 Å². The first-order valence-corrected chi connectivity index (χ1v) is 9.82. The Balaban J connectivity index is 2.32. The number of hydrogen-bond acceptors (Lipinski definition) is 5. The first-order chi connectivity index (χ1) is 13.2. The Bertz CT molecular complexity index is 780. The van der Waals surface area contributed by atoms with Crippen molar-refractivity contribution in [2.75, 3.05) is 6.61 Å². The van der Waals surface area contributed by atoms with Gasteiger partial charge in [-0.1, -0.05) is 0 Å². The van der Waals surface area contributed by atoms with E-state index in [-0.39, 0.29) is 25.3 Å². The molecular formula is C21H31N3O4. The number of carbonyl (C=O) groups is 2. The van der Waals surface area contributed by atoms with Crippen molar-refractivity contribution in [1.82, 2.24) is 14.7 Å². The summed E-state index contributed by atoms with van der Waals surface area (Å²) >= 11 is 0. The van der Waals surface area contributed by atoms with Crippen molar-refractivity contribution in [2.45, 2.75) is 85.5 Å². The Kier molecular flexibility index (Phi) is 7.11. The molecule has 0 spiro atoms. The molecule has 1 amide bonds. The zero-order valence-corrected chi connectivity index (χ0v) is 17.8. The van der Waals surface area contributed by atoms with Crippen LogP contribution in [0.4, 0.5) is 4.79 Å². The average Bonchev–Trinajstić information content (AvgIpc) is 2.93. The number of hydrogen-bond donors (Lipinski definition) is 0. The van der Waals surface area contributed by atoms with Gasteiger partial charge in [0.1, 0.15) is 5.60 Å². The smallest absolute Gasteiger partial charge is 0.410 e. The second-order valence-corrected chi connectivity index (χ2v) is 7.91. The van der Waals surface area contributed by atoms with E-state index < -0.39 is 11.6 Å². The Hall–Kier alpha value is -2.49. The highest BCUT2D eigenvalue weighted by Gasteiger charge is 2.36. The van der Waals surface area contributed by atoms with E-state index in [4.69, 9.17) is 9.47 Å². The number of carbonyl (C=O) groups excluding carboxylic acids is 2. The van der Waals surface area contributed by atoms with Crippen LogP contribution in [-0.2, 0) is 29.0 Å². The third-order valence-corrected chi connectivity index (χ3v) is 4.43. The van der Waals surface area contributed by atoms with E-state index in [1.54, 1.807) is 16.5 Å². The van der Waals surface area contributed by atoms with E-state index >= 15 is 0 Å². The van der Waals surface area contributed by atoms with Crippen LogP contribution in [0.5, 0.6) is 0 Å². The fourth-order valence-electron chi connectivity index (χ4n) is 3.19. The van der Waals surface area contributed by atoms with Crippen LogP contribution in [0.1, 0.15) is 76.1 Å². The standard InChI is InChI=1S/C21H31N3O4/c1-7-9-10-11-12-24-18(19(25)27-8-2)16-14-23(15(3)13-17(16)22-24)20(26)28-21(4,5)6/h15H,8,10-14H2,1-6H3/t15-/m1/s1. The lowest BCUT2D eigenvalue weighted by atomic mass is 10.00. The SMILES string of the molecule is CC#CCCCn1nc2c(c1C(=O)OCC)CN(C(=O)OC(C)(C)C)[C@H](C)C2. The molecule has 7 heteroatoms. The number of aromatic nitrogens is 2. The maximum atomic E-state index is 12.6. The lowest BCUT2D eigenvalue weighted by Gasteiger charge is -2.34. The molecule has 0 radical (unpaired) electrons. The molecule has 0 fully saturated rings. The second kappa shape index (κ2) is 9.13. The van der Waals surface area contributed by atoms with Gasteiger partial charge in [-0.25, -0.2) is 9.59 Å². The van der Waals surface area contributed by atoms with Crippen molar-refractivity contribution in [1.29, 1.82) is 0 Å². The molecule has 0 bridgehead atoms. The molecule has 1 aliphatic rings. The fraction of sp³-hybridized carbons (Fsp3) is 0.667. The highest BCUT2D eigenvalue weighted by Crippen LogP contribution is 2.28. The van der Waals surface area contributed by atoms with Gasteiger partial charge in [-0.2, -0.15) is 5.10 Å². The largest absolute Gasteiger partial charge is 0.461 e. The highest BCUT2D eigenvalue weighted by atomic mass is 16.6. The third-order valence-electron chi connectivity index (χ3n) is 4.43. The Morgan fingerprint density at radius 2 is 2.04 bits per heavy atom. The lowest BCUT2D eigenvalue weighted by molar-refractivity contribution is 0.0134. The molecule has 0 saturated carbocycles. The van der Waals surface area contributed by atoms with Gasteiger partial charge in [0.15, 0.2) is 5.69 Å². The predicted molar refractivity (Wildman–Crippen MR) is 106 cm³/mol. The van der Waals surface area contributed by atoms with E-state index in [1.807, 2.05) is 34.6 Å².